The first kappa shape index (κ1) is 15.5. The lowest BCUT2D eigenvalue weighted by Gasteiger charge is -2.37. The number of nitrogens with zero attached hydrogens (tertiary/aromatic N) is 1. The Morgan fingerprint density at radius 3 is 2.85 bits per heavy atom. The van der Waals surface area contributed by atoms with Gasteiger partial charge in [0.15, 0.2) is 0 Å². The average molecular weight is 339 g/mol. The zero-order chi connectivity index (χ0) is 14.7. The molecule has 1 aliphatic rings. The molecule has 4 heteroatoms. The van der Waals surface area contributed by atoms with Gasteiger partial charge in [0.1, 0.15) is 4.60 Å². The summed E-state index contributed by atoms with van der Waals surface area (Å²) in [5.41, 5.74) is 0.674. The van der Waals surface area contributed by atoms with E-state index in [-0.39, 0.29) is 11.9 Å². The van der Waals surface area contributed by atoms with E-state index in [9.17, 15) is 4.79 Å². The van der Waals surface area contributed by atoms with Crippen LogP contribution in [0.1, 0.15) is 50.4 Å². The van der Waals surface area contributed by atoms with Gasteiger partial charge in [0.25, 0.3) is 5.91 Å². The number of hydrogen-bond acceptors (Lipinski definition) is 2. The van der Waals surface area contributed by atoms with Crippen LogP contribution in [0.2, 0.25) is 0 Å². The summed E-state index contributed by atoms with van der Waals surface area (Å²) in [7, 11) is 0. The van der Waals surface area contributed by atoms with Crippen LogP contribution < -0.4 is 5.32 Å². The summed E-state index contributed by atoms with van der Waals surface area (Å²) < 4.78 is 0.697. The van der Waals surface area contributed by atoms with Crippen molar-refractivity contribution >= 4 is 21.8 Å². The predicted molar refractivity (Wildman–Crippen MR) is 84.5 cm³/mol. The molecule has 0 saturated heterocycles. The van der Waals surface area contributed by atoms with Crippen molar-refractivity contribution in [3.63, 3.8) is 0 Å². The van der Waals surface area contributed by atoms with Crippen molar-refractivity contribution in [2.24, 2.45) is 17.8 Å². The standard InChI is InChI=1S/C16H23BrN2O/c1-10(2)13-5-4-11(3)8-14(13)19-16(20)12-6-7-18-15(17)9-12/h6-7,9-11,13-14H,4-5,8H2,1-3H3,(H,19,20). The Labute approximate surface area is 129 Å². The van der Waals surface area contributed by atoms with Crippen molar-refractivity contribution < 1.29 is 4.79 Å². The van der Waals surface area contributed by atoms with Crippen LogP contribution in [0.5, 0.6) is 0 Å². The Morgan fingerprint density at radius 2 is 2.20 bits per heavy atom. The van der Waals surface area contributed by atoms with Gasteiger partial charge in [-0.3, -0.25) is 4.79 Å². The van der Waals surface area contributed by atoms with Gasteiger partial charge in [-0.05, 0) is 58.7 Å². The van der Waals surface area contributed by atoms with Crippen molar-refractivity contribution in [1.82, 2.24) is 10.3 Å². The van der Waals surface area contributed by atoms with E-state index in [2.05, 4.69) is 47.0 Å². The van der Waals surface area contributed by atoms with Crippen LogP contribution in [0, 0.1) is 17.8 Å². The summed E-state index contributed by atoms with van der Waals surface area (Å²) in [5.74, 6) is 1.90. The molecule has 1 heterocycles. The third-order valence-corrected chi connectivity index (χ3v) is 4.76. The van der Waals surface area contributed by atoms with Gasteiger partial charge in [-0.2, -0.15) is 0 Å². The molecule has 3 unspecified atom stereocenters. The van der Waals surface area contributed by atoms with Gasteiger partial charge < -0.3 is 5.32 Å². The molecule has 0 aliphatic heterocycles. The summed E-state index contributed by atoms with van der Waals surface area (Å²) >= 11 is 3.31. The number of pyridine rings is 1. The van der Waals surface area contributed by atoms with E-state index >= 15 is 0 Å². The Hall–Kier alpha value is -0.900. The molecule has 1 amide bonds. The van der Waals surface area contributed by atoms with Crippen molar-refractivity contribution in [3.8, 4) is 0 Å². The van der Waals surface area contributed by atoms with Crippen LogP contribution in [-0.2, 0) is 0 Å². The quantitative estimate of drug-likeness (QED) is 0.845. The first-order valence-corrected chi connectivity index (χ1v) is 8.19. The third-order valence-electron chi connectivity index (χ3n) is 4.33. The highest BCUT2D eigenvalue weighted by atomic mass is 79.9. The van der Waals surface area contributed by atoms with E-state index in [4.69, 9.17) is 0 Å². The number of hydrogen-bond donors (Lipinski definition) is 1. The first-order valence-electron chi connectivity index (χ1n) is 7.39. The Balaban J connectivity index is 2.08. The number of carbonyl (C=O) groups excluding carboxylic acids is 1. The highest BCUT2D eigenvalue weighted by molar-refractivity contribution is 9.10. The zero-order valence-corrected chi connectivity index (χ0v) is 14.0. The van der Waals surface area contributed by atoms with Crippen molar-refractivity contribution in [2.75, 3.05) is 0 Å². The normalized spacial score (nSPS) is 26.6. The summed E-state index contributed by atoms with van der Waals surface area (Å²) in [6, 6.07) is 3.82. The summed E-state index contributed by atoms with van der Waals surface area (Å²) in [6.07, 6.45) is 5.23. The van der Waals surface area contributed by atoms with E-state index in [1.807, 2.05) is 0 Å². The van der Waals surface area contributed by atoms with Gasteiger partial charge in [-0.25, -0.2) is 4.98 Å². The molecule has 1 saturated carbocycles. The minimum absolute atomic E-state index is 0.0119. The van der Waals surface area contributed by atoms with Crippen LogP contribution in [0.4, 0.5) is 0 Å². The molecule has 110 valence electrons. The molecule has 1 N–H and O–H groups in total. The summed E-state index contributed by atoms with van der Waals surface area (Å²) in [5, 5.41) is 3.24. The molecular weight excluding hydrogens is 316 g/mol. The molecule has 1 aromatic rings. The second-order valence-electron chi connectivity index (χ2n) is 6.27. The molecule has 1 fully saturated rings. The van der Waals surface area contributed by atoms with E-state index in [1.54, 1.807) is 18.3 Å². The maximum Gasteiger partial charge on any atom is 0.251 e. The Bertz CT molecular complexity index is 475. The molecule has 0 spiro atoms. The van der Waals surface area contributed by atoms with Gasteiger partial charge in [0.2, 0.25) is 0 Å². The average Bonchev–Trinajstić information content (AvgIpc) is 2.38. The number of nitrogens with one attached hydrogen (secondary N) is 1. The van der Waals surface area contributed by atoms with Gasteiger partial charge in [0, 0.05) is 17.8 Å². The second kappa shape index (κ2) is 6.70. The van der Waals surface area contributed by atoms with Gasteiger partial charge in [0.05, 0.1) is 0 Å². The van der Waals surface area contributed by atoms with Gasteiger partial charge >= 0.3 is 0 Å². The van der Waals surface area contributed by atoms with Gasteiger partial charge in [-0.15, -0.1) is 0 Å². The van der Waals surface area contributed by atoms with E-state index in [0.29, 0.717) is 27.9 Å². The lowest BCUT2D eigenvalue weighted by atomic mass is 9.74. The minimum Gasteiger partial charge on any atom is -0.349 e. The number of amides is 1. The Kier molecular flexibility index (Phi) is 5.19. The number of aromatic nitrogens is 1. The second-order valence-corrected chi connectivity index (χ2v) is 7.09. The fraction of sp³-hybridized carbons (Fsp3) is 0.625. The van der Waals surface area contributed by atoms with Crippen molar-refractivity contribution in [2.45, 2.75) is 46.1 Å². The molecule has 1 aromatic heterocycles. The first-order chi connectivity index (χ1) is 9.47. The molecule has 3 atom stereocenters. The monoisotopic (exact) mass is 338 g/mol. The fourth-order valence-corrected chi connectivity index (χ4v) is 3.53. The minimum atomic E-state index is 0.0119. The van der Waals surface area contributed by atoms with Crippen LogP contribution in [0.3, 0.4) is 0 Å². The number of halogens is 1. The van der Waals surface area contributed by atoms with Crippen LogP contribution >= 0.6 is 15.9 Å². The van der Waals surface area contributed by atoms with E-state index in [0.717, 1.165) is 6.42 Å². The highest BCUT2D eigenvalue weighted by Crippen LogP contribution is 2.33. The molecule has 20 heavy (non-hydrogen) atoms. The maximum absolute atomic E-state index is 12.4. The molecule has 3 nitrogen and oxygen atoms in total. The van der Waals surface area contributed by atoms with E-state index < -0.39 is 0 Å². The van der Waals surface area contributed by atoms with Crippen molar-refractivity contribution in [3.05, 3.63) is 28.5 Å². The zero-order valence-electron chi connectivity index (χ0n) is 12.4. The Morgan fingerprint density at radius 1 is 1.45 bits per heavy atom. The fourth-order valence-electron chi connectivity index (χ4n) is 3.16. The SMILES string of the molecule is CC1CCC(C(C)C)C(NC(=O)c2ccnc(Br)c2)C1. The largest absolute Gasteiger partial charge is 0.349 e. The number of rotatable bonds is 3. The van der Waals surface area contributed by atoms with Crippen LogP contribution in [0.15, 0.2) is 22.9 Å². The van der Waals surface area contributed by atoms with Crippen molar-refractivity contribution in [1.29, 1.82) is 0 Å². The van der Waals surface area contributed by atoms with Gasteiger partial charge in [-0.1, -0.05) is 27.2 Å². The van der Waals surface area contributed by atoms with Crippen LogP contribution in [-0.4, -0.2) is 16.9 Å². The molecular formula is C16H23BrN2O. The number of carbonyl (C=O) groups is 1. The molecule has 0 aromatic carbocycles. The van der Waals surface area contributed by atoms with E-state index in [1.165, 1.54) is 12.8 Å². The smallest absolute Gasteiger partial charge is 0.251 e. The molecule has 0 radical (unpaired) electrons. The summed E-state index contributed by atoms with van der Waals surface area (Å²) in [6.45, 7) is 6.78. The molecule has 0 bridgehead atoms. The summed E-state index contributed by atoms with van der Waals surface area (Å²) in [4.78, 5) is 16.4. The maximum atomic E-state index is 12.4. The molecule has 2 rings (SSSR count). The predicted octanol–water partition coefficient (Wildman–Crippen LogP) is 4.03. The topological polar surface area (TPSA) is 42.0 Å². The van der Waals surface area contributed by atoms with Crippen LogP contribution in [0.25, 0.3) is 0 Å². The lowest BCUT2D eigenvalue weighted by Crippen LogP contribution is -2.45. The molecule has 1 aliphatic carbocycles. The highest BCUT2D eigenvalue weighted by Gasteiger charge is 2.31. The third kappa shape index (κ3) is 3.81. The lowest BCUT2D eigenvalue weighted by molar-refractivity contribution is 0.0867.